The van der Waals surface area contributed by atoms with Crippen LogP contribution in [0.3, 0.4) is 0 Å². The van der Waals surface area contributed by atoms with Gasteiger partial charge < -0.3 is 10.2 Å². The number of nitrogens with zero attached hydrogens (tertiary/aromatic N) is 1. The summed E-state index contributed by atoms with van der Waals surface area (Å²) in [6, 6.07) is 6.11. The van der Waals surface area contributed by atoms with Crippen LogP contribution in [0.1, 0.15) is 18.4 Å². The minimum atomic E-state index is -0.372. The van der Waals surface area contributed by atoms with E-state index in [1.165, 1.54) is 12.1 Å². The number of piperazine rings is 1. The minimum absolute atomic E-state index is 0.00169. The molecule has 1 heterocycles. The molecule has 2 fully saturated rings. The fourth-order valence-electron chi connectivity index (χ4n) is 2.50. The van der Waals surface area contributed by atoms with Crippen molar-refractivity contribution in [3.05, 3.63) is 35.6 Å². The zero-order chi connectivity index (χ0) is 14.8. The van der Waals surface area contributed by atoms with Gasteiger partial charge in [0.15, 0.2) is 0 Å². The number of nitrogens with one attached hydrogen (secondary N) is 2. The van der Waals surface area contributed by atoms with Crippen LogP contribution >= 0.6 is 0 Å². The van der Waals surface area contributed by atoms with Crippen LogP contribution in [0.15, 0.2) is 24.3 Å². The number of benzene rings is 1. The molecule has 1 atom stereocenters. The van der Waals surface area contributed by atoms with E-state index in [0.29, 0.717) is 13.1 Å². The van der Waals surface area contributed by atoms with Crippen molar-refractivity contribution in [3.63, 3.8) is 0 Å². The Morgan fingerprint density at radius 1 is 1.29 bits per heavy atom. The third-order valence-corrected chi connectivity index (χ3v) is 3.85. The van der Waals surface area contributed by atoms with Crippen LogP contribution in [0.5, 0.6) is 0 Å². The van der Waals surface area contributed by atoms with Gasteiger partial charge >= 0.3 is 0 Å². The van der Waals surface area contributed by atoms with Gasteiger partial charge in [0.1, 0.15) is 11.9 Å². The van der Waals surface area contributed by atoms with Gasteiger partial charge in [-0.25, -0.2) is 4.39 Å². The molecule has 2 N–H and O–H groups in total. The largest absolute Gasteiger partial charge is 0.353 e. The predicted molar refractivity (Wildman–Crippen MR) is 74.8 cm³/mol. The van der Waals surface area contributed by atoms with Crippen LogP contribution in [-0.4, -0.2) is 41.9 Å². The number of hydrogen-bond donors (Lipinski definition) is 2. The van der Waals surface area contributed by atoms with Crippen LogP contribution in [0.2, 0.25) is 0 Å². The smallest absolute Gasteiger partial charge is 0.242 e. The highest BCUT2D eigenvalue weighted by molar-refractivity contribution is 5.87. The average molecular weight is 291 g/mol. The van der Waals surface area contributed by atoms with E-state index in [1.54, 1.807) is 12.1 Å². The van der Waals surface area contributed by atoms with Gasteiger partial charge in [-0.2, -0.15) is 0 Å². The first kappa shape index (κ1) is 14.0. The summed E-state index contributed by atoms with van der Waals surface area (Å²) in [5.74, 6) is -0.364. The van der Waals surface area contributed by atoms with E-state index in [1.807, 2.05) is 4.90 Å². The predicted octanol–water partition coefficient (Wildman–Crippen LogP) is 0.405. The fraction of sp³-hybridized carbons (Fsp3) is 0.467. The lowest BCUT2D eigenvalue weighted by atomic mass is 10.1. The Bertz CT molecular complexity index is 532. The molecule has 1 aromatic rings. The van der Waals surface area contributed by atoms with Crippen molar-refractivity contribution < 1.29 is 14.0 Å². The normalized spacial score (nSPS) is 21.8. The van der Waals surface area contributed by atoms with Crippen molar-refractivity contribution in [3.8, 4) is 0 Å². The van der Waals surface area contributed by atoms with Crippen LogP contribution in [0.25, 0.3) is 0 Å². The Balaban J connectivity index is 1.67. The molecule has 21 heavy (non-hydrogen) atoms. The quantitative estimate of drug-likeness (QED) is 0.844. The molecule has 1 aliphatic heterocycles. The fourth-order valence-corrected chi connectivity index (χ4v) is 2.50. The molecule has 0 bridgehead atoms. The molecule has 0 radical (unpaired) electrons. The van der Waals surface area contributed by atoms with Crippen molar-refractivity contribution in [1.82, 2.24) is 15.5 Å². The molecule has 3 rings (SSSR count). The molecule has 1 saturated heterocycles. The topological polar surface area (TPSA) is 61.4 Å². The summed E-state index contributed by atoms with van der Waals surface area (Å²) in [4.78, 5) is 25.6. The van der Waals surface area contributed by atoms with Gasteiger partial charge in [0.2, 0.25) is 11.8 Å². The summed E-state index contributed by atoms with van der Waals surface area (Å²) in [7, 11) is 0. The monoisotopic (exact) mass is 291 g/mol. The van der Waals surface area contributed by atoms with Gasteiger partial charge in [0.25, 0.3) is 0 Å². The number of halogens is 1. The molecule has 5 nitrogen and oxygen atoms in total. The van der Waals surface area contributed by atoms with E-state index < -0.39 is 0 Å². The standard InChI is InChI=1S/C15H18FN3O2/c16-11-3-1-10(2-4-11)9-19(12-5-6-12)15(21)13-7-18-14(20)8-17-13/h1-4,12-13,17H,5-9H2,(H,18,20). The molecule has 1 aliphatic carbocycles. The van der Waals surface area contributed by atoms with Crippen LogP contribution in [0.4, 0.5) is 4.39 Å². The minimum Gasteiger partial charge on any atom is -0.353 e. The molecule has 1 aromatic carbocycles. The van der Waals surface area contributed by atoms with Gasteiger partial charge in [0.05, 0.1) is 6.54 Å². The van der Waals surface area contributed by atoms with Crippen molar-refractivity contribution in [2.24, 2.45) is 0 Å². The highest BCUT2D eigenvalue weighted by atomic mass is 19.1. The third-order valence-electron chi connectivity index (χ3n) is 3.85. The molecular weight excluding hydrogens is 273 g/mol. The van der Waals surface area contributed by atoms with E-state index in [4.69, 9.17) is 0 Å². The van der Waals surface area contributed by atoms with E-state index in [9.17, 15) is 14.0 Å². The van der Waals surface area contributed by atoms with E-state index in [-0.39, 0.29) is 36.3 Å². The SMILES string of the molecule is O=C1CNC(C(=O)N(Cc2ccc(F)cc2)C2CC2)CN1. The number of rotatable bonds is 4. The number of amides is 2. The van der Waals surface area contributed by atoms with Crippen LogP contribution < -0.4 is 10.6 Å². The second-order valence-electron chi connectivity index (χ2n) is 5.56. The highest BCUT2D eigenvalue weighted by Gasteiger charge is 2.36. The Hall–Kier alpha value is -1.95. The van der Waals surface area contributed by atoms with Gasteiger partial charge in [0, 0.05) is 19.1 Å². The Labute approximate surface area is 122 Å². The first-order chi connectivity index (χ1) is 10.1. The zero-order valence-electron chi connectivity index (χ0n) is 11.6. The highest BCUT2D eigenvalue weighted by Crippen LogP contribution is 2.29. The summed E-state index contributed by atoms with van der Waals surface area (Å²) >= 11 is 0. The second kappa shape index (κ2) is 5.81. The van der Waals surface area contributed by atoms with Crippen molar-refractivity contribution >= 4 is 11.8 Å². The molecule has 1 unspecified atom stereocenters. The molecule has 112 valence electrons. The van der Waals surface area contributed by atoms with Crippen molar-refractivity contribution in [2.75, 3.05) is 13.1 Å². The van der Waals surface area contributed by atoms with E-state index in [2.05, 4.69) is 10.6 Å². The van der Waals surface area contributed by atoms with E-state index in [0.717, 1.165) is 18.4 Å². The molecule has 1 saturated carbocycles. The maximum atomic E-state index is 13.0. The molecule has 6 heteroatoms. The Morgan fingerprint density at radius 2 is 2.00 bits per heavy atom. The van der Waals surface area contributed by atoms with Crippen LogP contribution in [0, 0.1) is 5.82 Å². The summed E-state index contributed by atoms with van der Waals surface area (Å²) < 4.78 is 13.0. The summed E-state index contributed by atoms with van der Waals surface area (Å²) in [5.41, 5.74) is 0.913. The lowest BCUT2D eigenvalue weighted by Crippen LogP contribution is -2.58. The number of carbonyl (C=O) groups excluding carboxylic acids is 2. The maximum absolute atomic E-state index is 13.0. The van der Waals surface area contributed by atoms with Gasteiger partial charge in [-0.05, 0) is 30.5 Å². The van der Waals surface area contributed by atoms with Crippen molar-refractivity contribution in [1.29, 1.82) is 0 Å². The third kappa shape index (κ3) is 3.39. The zero-order valence-corrected chi connectivity index (χ0v) is 11.6. The number of hydrogen-bond acceptors (Lipinski definition) is 3. The lowest BCUT2D eigenvalue weighted by Gasteiger charge is -2.30. The first-order valence-electron chi connectivity index (χ1n) is 7.18. The Kier molecular flexibility index (Phi) is 3.88. The lowest BCUT2D eigenvalue weighted by molar-refractivity contribution is -0.136. The van der Waals surface area contributed by atoms with E-state index >= 15 is 0 Å². The summed E-state index contributed by atoms with van der Waals surface area (Å²) in [6.45, 7) is 0.978. The van der Waals surface area contributed by atoms with Gasteiger partial charge in [-0.1, -0.05) is 12.1 Å². The summed E-state index contributed by atoms with van der Waals surface area (Å²) in [5, 5.41) is 5.66. The maximum Gasteiger partial charge on any atom is 0.242 e. The molecule has 2 aliphatic rings. The summed E-state index contributed by atoms with van der Waals surface area (Å²) in [6.07, 6.45) is 2.01. The first-order valence-corrected chi connectivity index (χ1v) is 7.18. The molecule has 0 aromatic heterocycles. The average Bonchev–Trinajstić information content (AvgIpc) is 3.31. The van der Waals surface area contributed by atoms with Gasteiger partial charge in [-0.15, -0.1) is 0 Å². The molecular formula is C15H18FN3O2. The molecule has 0 spiro atoms. The molecule has 2 amide bonds. The van der Waals surface area contributed by atoms with Crippen molar-refractivity contribution in [2.45, 2.75) is 31.5 Å². The number of carbonyl (C=O) groups is 2. The van der Waals surface area contributed by atoms with Gasteiger partial charge in [-0.3, -0.25) is 14.9 Å². The Morgan fingerprint density at radius 3 is 2.57 bits per heavy atom. The second-order valence-corrected chi connectivity index (χ2v) is 5.56. The van der Waals surface area contributed by atoms with Crippen LogP contribution in [-0.2, 0) is 16.1 Å².